The molecule has 10 atom stereocenters. The van der Waals surface area contributed by atoms with Crippen molar-refractivity contribution in [3.8, 4) is 0 Å². The first-order valence-electron chi connectivity index (χ1n) is 7.01. The summed E-state index contributed by atoms with van der Waals surface area (Å²) >= 11 is 0. The molecule has 10 unspecified atom stereocenters. The first-order chi connectivity index (χ1) is 7.79. The summed E-state index contributed by atoms with van der Waals surface area (Å²) in [6.45, 7) is 4.44. The Labute approximate surface area is 95.3 Å². The normalized spacial score (nSPS) is 75.2. The monoisotopic (exact) mass is 212 g/mol. The Kier molecular flexibility index (Phi) is 0.889. The molecule has 0 aromatic carbocycles. The average molecular weight is 212 g/mol. The lowest BCUT2D eigenvalue weighted by molar-refractivity contribution is -0.126. The molecule has 0 aromatic rings. The first kappa shape index (κ1) is 7.68. The molecule has 0 heterocycles. The van der Waals surface area contributed by atoms with Crippen molar-refractivity contribution in [2.24, 2.45) is 59.2 Å². The molecule has 0 aromatic heterocycles. The van der Waals surface area contributed by atoms with Crippen LogP contribution in [-0.4, -0.2) is 5.78 Å². The maximum Gasteiger partial charge on any atom is 0.139 e. The molecule has 0 N–H and O–H groups in total. The average Bonchev–Trinajstić information content (AvgIpc) is 2.92. The van der Waals surface area contributed by atoms with Gasteiger partial charge in [0.15, 0.2) is 0 Å². The van der Waals surface area contributed by atoms with Crippen LogP contribution in [-0.2, 0) is 4.79 Å². The summed E-state index contributed by atoms with van der Waals surface area (Å²) in [5, 5.41) is 0. The predicted octanol–water partition coefficient (Wildman–Crippen LogP) is 2.14. The van der Waals surface area contributed by atoms with Crippen LogP contribution in [0.4, 0.5) is 0 Å². The fraction of sp³-hybridized carbons (Fsp3) is 0.800. The van der Waals surface area contributed by atoms with Gasteiger partial charge in [0.05, 0.1) is 0 Å². The zero-order chi connectivity index (χ0) is 10.3. The van der Waals surface area contributed by atoms with Crippen molar-refractivity contribution in [1.29, 1.82) is 0 Å². The van der Waals surface area contributed by atoms with Crippen LogP contribution in [0.5, 0.6) is 0 Å². The Hall–Kier alpha value is -0.590. The summed E-state index contributed by atoms with van der Waals surface area (Å²) < 4.78 is 0. The lowest BCUT2D eigenvalue weighted by atomic mass is 9.71. The Balaban J connectivity index is 1.75. The number of hydrogen-bond acceptors (Lipinski definition) is 1. The Morgan fingerprint density at radius 2 is 1.62 bits per heavy atom. The van der Waals surface area contributed by atoms with E-state index in [1.807, 2.05) is 0 Å². The second-order valence-corrected chi connectivity index (χ2v) is 7.35. The van der Waals surface area contributed by atoms with Crippen molar-refractivity contribution in [1.82, 2.24) is 0 Å². The lowest BCUT2D eigenvalue weighted by Crippen LogP contribution is -2.33. The molecule has 16 heavy (non-hydrogen) atoms. The number of allylic oxidation sites excluding steroid dienone is 1. The van der Waals surface area contributed by atoms with Crippen LogP contribution < -0.4 is 0 Å². The first-order valence-corrected chi connectivity index (χ1v) is 7.01. The predicted molar refractivity (Wildman–Crippen MR) is 58.3 cm³/mol. The summed E-state index contributed by atoms with van der Waals surface area (Å²) in [6.07, 6.45) is 2.59. The second-order valence-electron chi connectivity index (χ2n) is 7.35. The summed E-state index contributed by atoms with van der Waals surface area (Å²) in [7, 11) is 0. The van der Waals surface area contributed by atoms with Gasteiger partial charge in [0.1, 0.15) is 5.78 Å². The maximum atomic E-state index is 12.5. The van der Waals surface area contributed by atoms with Crippen molar-refractivity contribution < 1.29 is 4.79 Å². The van der Waals surface area contributed by atoms with Gasteiger partial charge < -0.3 is 0 Å². The third-order valence-electron chi connectivity index (χ3n) is 7.65. The van der Waals surface area contributed by atoms with Crippen molar-refractivity contribution in [3.05, 3.63) is 12.2 Å². The highest BCUT2D eigenvalue weighted by Gasteiger charge is 2.80. The smallest absolute Gasteiger partial charge is 0.139 e. The van der Waals surface area contributed by atoms with Crippen LogP contribution in [0.15, 0.2) is 12.2 Å². The molecule has 0 spiro atoms. The molecule has 0 aliphatic heterocycles. The van der Waals surface area contributed by atoms with Crippen LogP contribution in [0, 0.1) is 59.2 Å². The molecule has 2 bridgehead atoms. The van der Waals surface area contributed by atoms with Gasteiger partial charge >= 0.3 is 0 Å². The van der Waals surface area contributed by atoms with Crippen LogP contribution in [0.25, 0.3) is 0 Å². The third-order valence-corrected chi connectivity index (χ3v) is 7.65. The van der Waals surface area contributed by atoms with Gasteiger partial charge in [0, 0.05) is 11.8 Å². The number of Topliss-reactive ketones (excluding diaryl/α,β-unsaturated/α-hetero) is 1. The van der Waals surface area contributed by atoms with Gasteiger partial charge in [-0.05, 0) is 60.2 Å². The topological polar surface area (TPSA) is 17.1 Å². The molecule has 6 saturated carbocycles. The van der Waals surface area contributed by atoms with E-state index in [-0.39, 0.29) is 0 Å². The molecule has 6 aliphatic rings. The van der Waals surface area contributed by atoms with E-state index in [4.69, 9.17) is 0 Å². The number of hydrogen-bond donors (Lipinski definition) is 0. The molecule has 1 heteroatoms. The quantitative estimate of drug-likeness (QED) is 0.562. The van der Waals surface area contributed by atoms with Crippen LogP contribution in [0.2, 0.25) is 0 Å². The van der Waals surface area contributed by atoms with Gasteiger partial charge in [-0.25, -0.2) is 0 Å². The molecular formula is C15H16O. The highest BCUT2D eigenvalue weighted by molar-refractivity contribution is 5.89. The highest BCUT2D eigenvalue weighted by Crippen LogP contribution is 2.83. The van der Waals surface area contributed by atoms with Gasteiger partial charge in [-0.15, -0.1) is 0 Å². The summed E-state index contributed by atoms with van der Waals surface area (Å²) in [5.74, 6) is 8.54. The molecule has 0 amide bonds. The molecule has 1 nitrogen and oxygen atoms in total. The number of rotatable bonds is 0. The molecular weight excluding hydrogens is 196 g/mol. The highest BCUT2D eigenvalue weighted by atomic mass is 16.1. The van der Waals surface area contributed by atoms with E-state index in [1.165, 1.54) is 12.8 Å². The Morgan fingerprint density at radius 3 is 2.50 bits per heavy atom. The molecule has 0 radical (unpaired) electrons. The third kappa shape index (κ3) is 0.454. The van der Waals surface area contributed by atoms with Crippen LogP contribution in [0.1, 0.15) is 12.8 Å². The van der Waals surface area contributed by atoms with Crippen molar-refractivity contribution >= 4 is 5.78 Å². The fourth-order valence-corrected chi connectivity index (χ4v) is 7.85. The minimum atomic E-state index is 0.485. The minimum Gasteiger partial charge on any atom is -0.299 e. The summed E-state index contributed by atoms with van der Waals surface area (Å²) in [6, 6.07) is 0. The zero-order valence-corrected chi connectivity index (χ0v) is 9.30. The van der Waals surface area contributed by atoms with Gasteiger partial charge in [0.25, 0.3) is 0 Å². The molecule has 0 saturated heterocycles. The van der Waals surface area contributed by atoms with E-state index in [1.54, 1.807) is 5.57 Å². The van der Waals surface area contributed by atoms with Crippen LogP contribution >= 0.6 is 0 Å². The number of fused-ring (bicyclic) bond motifs is 3. The number of ketones is 1. The Bertz CT molecular complexity index is 438. The van der Waals surface area contributed by atoms with E-state index in [2.05, 4.69) is 6.58 Å². The summed E-state index contributed by atoms with van der Waals surface area (Å²) in [4.78, 5) is 12.5. The number of carbonyl (C=O) groups is 1. The van der Waals surface area contributed by atoms with Gasteiger partial charge in [-0.1, -0.05) is 12.2 Å². The van der Waals surface area contributed by atoms with E-state index in [0.717, 1.165) is 47.3 Å². The SMILES string of the molecule is C=C1C2CC3C(=O)C4C5CC6C(C15)C2C3C64. The molecule has 6 aliphatic carbocycles. The molecule has 6 rings (SSSR count). The summed E-state index contributed by atoms with van der Waals surface area (Å²) in [5.41, 5.74) is 1.59. The number of carbonyl (C=O) groups excluding carboxylic acids is 1. The Morgan fingerprint density at radius 1 is 0.875 bits per heavy atom. The van der Waals surface area contributed by atoms with E-state index in [0.29, 0.717) is 17.6 Å². The standard InChI is InChI=1S/C15H16O/c1-4-5-2-8-13-10(5)11-7-3-6(9(4)11)14(12(7)13)15(8)16/h5-14H,1-3H2. The van der Waals surface area contributed by atoms with E-state index < -0.39 is 0 Å². The lowest BCUT2D eigenvalue weighted by Gasteiger charge is -2.32. The minimum absolute atomic E-state index is 0.485. The van der Waals surface area contributed by atoms with Gasteiger partial charge in [0.2, 0.25) is 0 Å². The fourth-order valence-electron chi connectivity index (χ4n) is 7.85. The molecule has 82 valence electrons. The molecule has 6 fully saturated rings. The largest absolute Gasteiger partial charge is 0.299 e. The second kappa shape index (κ2) is 1.85. The zero-order valence-electron chi connectivity index (χ0n) is 9.30. The van der Waals surface area contributed by atoms with Crippen LogP contribution in [0.3, 0.4) is 0 Å². The van der Waals surface area contributed by atoms with Crippen molar-refractivity contribution in [2.45, 2.75) is 12.8 Å². The van der Waals surface area contributed by atoms with Crippen molar-refractivity contribution in [3.63, 3.8) is 0 Å². The van der Waals surface area contributed by atoms with Gasteiger partial charge in [-0.3, -0.25) is 4.79 Å². The van der Waals surface area contributed by atoms with Gasteiger partial charge in [-0.2, -0.15) is 0 Å². The van der Waals surface area contributed by atoms with E-state index in [9.17, 15) is 4.79 Å². The van der Waals surface area contributed by atoms with Crippen molar-refractivity contribution in [2.75, 3.05) is 0 Å². The maximum absolute atomic E-state index is 12.5. The van der Waals surface area contributed by atoms with E-state index >= 15 is 0 Å².